The molecule has 0 fully saturated rings. The second-order valence-electron chi connectivity index (χ2n) is 18.1. The van der Waals surface area contributed by atoms with Crippen LogP contribution in [0.25, 0.3) is 44.5 Å². The maximum absolute atomic E-state index is 2.67. The molecule has 1 atom stereocenters. The van der Waals surface area contributed by atoms with Gasteiger partial charge in [0, 0.05) is 29.6 Å². The van der Waals surface area contributed by atoms with Gasteiger partial charge in [-0.3, -0.25) is 0 Å². The molecular weight excluding hydrogens is 639 g/mol. The average Bonchev–Trinajstić information content (AvgIpc) is 3.53. The molecule has 2 heterocycles. The fraction of sp³-hybridized carbons (Fsp3) is 0.346. The van der Waals surface area contributed by atoms with E-state index in [2.05, 4.69) is 145 Å². The Morgan fingerprint density at radius 2 is 1.25 bits per heavy atom. The quantitative estimate of drug-likeness (QED) is 0.182. The highest BCUT2D eigenvalue weighted by Crippen LogP contribution is 2.56. The Bertz CT molecular complexity index is 2480. The van der Waals surface area contributed by atoms with Crippen LogP contribution in [-0.2, 0) is 23.7 Å². The molecule has 0 saturated heterocycles. The number of fused-ring (bicyclic) bond motifs is 5. The van der Waals surface area contributed by atoms with Gasteiger partial charge in [0.05, 0.1) is 0 Å². The lowest BCUT2D eigenvalue weighted by Crippen LogP contribution is -2.34. The van der Waals surface area contributed by atoms with Gasteiger partial charge >= 0.3 is 0 Å². The summed E-state index contributed by atoms with van der Waals surface area (Å²) in [7, 11) is 0. The summed E-state index contributed by atoms with van der Waals surface area (Å²) in [6.07, 6.45) is 8.65. The third-order valence-electron chi connectivity index (χ3n) is 14.2. The summed E-state index contributed by atoms with van der Waals surface area (Å²) in [5.41, 5.74) is 29.1. The molecule has 0 radical (unpaired) electrons. The SMILES string of the molecule is Cc1cc(-c2ccc3c(c2)C(C)(C)c2ccccc2-3)c(C)cc1C1=CC2=C(c3ccc(-c4cc5c6c(c4C)CCCN6CCC5)cc3C2(C)C)C(C)C1. The van der Waals surface area contributed by atoms with Gasteiger partial charge < -0.3 is 4.90 Å². The molecule has 0 N–H and O–H groups in total. The minimum absolute atomic E-state index is 0.00295. The molecule has 1 nitrogen and oxygen atoms in total. The minimum Gasteiger partial charge on any atom is -0.371 e. The van der Waals surface area contributed by atoms with Gasteiger partial charge in [0.15, 0.2) is 0 Å². The van der Waals surface area contributed by atoms with E-state index < -0.39 is 0 Å². The first-order valence-corrected chi connectivity index (χ1v) is 20.3. The summed E-state index contributed by atoms with van der Waals surface area (Å²) in [5.74, 6) is 0.470. The van der Waals surface area contributed by atoms with Gasteiger partial charge in [-0.25, -0.2) is 0 Å². The van der Waals surface area contributed by atoms with Crippen LogP contribution in [0.5, 0.6) is 0 Å². The zero-order valence-corrected chi connectivity index (χ0v) is 33.1. The Morgan fingerprint density at radius 1 is 0.604 bits per heavy atom. The van der Waals surface area contributed by atoms with Crippen molar-refractivity contribution in [3.63, 3.8) is 0 Å². The molecule has 0 saturated carbocycles. The van der Waals surface area contributed by atoms with Crippen molar-refractivity contribution >= 4 is 16.8 Å². The maximum atomic E-state index is 2.67. The fourth-order valence-electron chi connectivity index (χ4n) is 11.4. The fourth-order valence-corrected chi connectivity index (χ4v) is 11.4. The van der Waals surface area contributed by atoms with Crippen LogP contribution in [0.1, 0.15) is 110 Å². The van der Waals surface area contributed by atoms with E-state index in [9.17, 15) is 0 Å². The molecule has 10 rings (SSSR count). The Hall–Kier alpha value is -4.62. The van der Waals surface area contributed by atoms with Gasteiger partial charge in [-0.1, -0.05) is 101 Å². The van der Waals surface area contributed by atoms with Crippen molar-refractivity contribution in [3.8, 4) is 33.4 Å². The number of rotatable bonds is 3. The van der Waals surface area contributed by atoms with Crippen molar-refractivity contribution in [1.29, 1.82) is 0 Å². The molecule has 5 aromatic carbocycles. The Kier molecular flexibility index (Phi) is 7.12. The molecular formula is C52H53N. The molecule has 0 spiro atoms. The van der Waals surface area contributed by atoms with Crippen molar-refractivity contribution in [1.82, 2.24) is 0 Å². The maximum Gasteiger partial charge on any atom is 0.0434 e. The van der Waals surface area contributed by atoms with E-state index in [1.165, 1.54) is 128 Å². The van der Waals surface area contributed by atoms with E-state index in [-0.39, 0.29) is 10.8 Å². The second-order valence-corrected chi connectivity index (χ2v) is 18.1. The van der Waals surface area contributed by atoms with E-state index >= 15 is 0 Å². The van der Waals surface area contributed by atoms with Crippen molar-refractivity contribution < 1.29 is 0 Å². The first-order chi connectivity index (χ1) is 25.4. The van der Waals surface area contributed by atoms with E-state index in [1.54, 1.807) is 22.4 Å². The van der Waals surface area contributed by atoms with Crippen LogP contribution < -0.4 is 4.90 Å². The number of aryl methyl sites for hydroxylation is 3. The van der Waals surface area contributed by atoms with Gasteiger partial charge in [0.25, 0.3) is 0 Å². The molecule has 1 unspecified atom stereocenters. The molecule has 3 aliphatic carbocycles. The molecule has 0 aromatic heterocycles. The Labute approximate surface area is 317 Å². The zero-order valence-electron chi connectivity index (χ0n) is 33.1. The third-order valence-corrected chi connectivity index (χ3v) is 14.2. The standard InChI is InChI=1S/C52H53N/c1-30-25-43(31(2)24-42(30)34-17-19-40-39-14-9-10-16-45(39)51(5,6)46(40)27-34)37-23-32(3)49-41-20-18-35(28-47(41)52(7,8)48(49)29-37)44-26-36-13-11-21-53-22-12-15-38(33(44)4)50(36)53/h9-10,14,16-20,24-29,32H,11-13,15,21-23H2,1-8H3. The number of benzene rings is 5. The highest BCUT2D eigenvalue weighted by atomic mass is 15.1. The summed E-state index contributed by atoms with van der Waals surface area (Å²) in [4.78, 5) is 2.67. The summed E-state index contributed by atoms with van der Waals surface area (Å²) in [5, 5.41) is 0. The number of hydrogen-bond donors (Lipinski definition) is 0. The van der Waals surface area contributed by atoms with Gasteiger partial charge in [-0.2, -0.15) is 0 Å². The third kappa shape index (κ3) is 4.68. The second kappa shape index (κ2) is 11.4. The largest absolute Gasteiger partial charge is 0.371 e. The Morgan fingerprint density at radius 3 is 2.04 bits per heavy atom. The molecule has 5 aromatic rings. The number of nitrogens with zero attached hydrogens (tertiary/aromatic N) is 1. The smallest absolute Gasteiger partial charge is 0.0434 e. The van der Waals surface area contributed by atoms with Crippen molar-refractivity contribution in [3.05, 3.63) is 146 Å². The molecule has 53 heavy (non-hydrogen) atoms. The lowest BCUT2D eigenvalue weighted by atomic mass is 9.75. The highest BCUT2D eigenvalue weighted by molar-refractivity contribution is 5.92. The normalized spacial score (nSPS) is 20.0. The molecule has 5 aliphatic rings. The van der Waals surface area contributed by atoms with Gasteiger partial charge in [-0.15, -0.1) is 0 Å². The highest BCUT2D eigenvalue weighted by Gasteiger charge is 2.41. The first-order valence-electron chi connectivity index (χ1n) is 20.3. The lowest BCUT2D eigenvalue weighted by Gasteiger charge is -2.38. The topological polar surface area (TPSA) is 3.24 Å². The van der Waals surface area contributed by atoms with Crippen LogP contribution in [0.15, 0.2) is 90.5 Å². The summed E-state index contributed by atoms with van der Waals surface area (Å²) >= 11 is 0. The van der Waals surface area contributed by atoms with Crippen LogP contribution in [0, 0.1) is 26.7 Å². The van der Waals surface area contributed by atoms with Crippen LogP contribution >= 0.6 is 0 Å². The van der Waals surface area contributed by atoms with Crippen molar-refractivity contribution in [2.45, 2.75) is 98.3 Å². The molecule has 0 amide bonds. The monoisotopic (exact) mass is 691 g/mol. The Balaban J connectivity index is 1.00. The van der Waals surface area contributed by atoms with E-state index in [1.807, 2.05) is 0 Å². The molecule has 0 bridgehead atoms. The number of anilines is 1. The van der Waals surface area contributed by atoms with Crippen LogP contribution in [0.3, 0.4) is 0 Å². The van der Waals surface area contributed by atoms with Crippen LogP contribution in [0.4, 0.5) is 5.69 Å². The van der Waals surface area contributed by atoms with Crippen LogP contribution in [0.2, 0.25) is 0 Å². The lowest BCUT2D eigenvalue weighted by molar-refractivity contribution is 0.632. The van der Waals surface area contributed by atoms with Crippen LogP contribution in [-0.4, -0.2) is 13.1 Å². The number of hydrogen-bond acceptors (Lipinski definition) is 1. The molecule has 2 aliphatic heterocycles. The van der Waals surface area contributed by atoms with Gasteiger partial charge in [0.1, 0.15) is 0 Å². The average molecular weight is 692 g/mol. The van der Waals surface area contributed by atoms with E-state index in [4.69, 9.17) is 0 Å². The summed E-state index contributed by atoms with van der Waals surface area (Å²) in [6.45, 7) is 21.7. The predicted molar refractivity (Wildman–Crippen MR) is 226 cm³/mol. The van der Waals surface area contributed by atoms with E-state index in [0.29, 0.717) is 5.92 Å². The number of allylic oxidation sites excluding steroid dienone is 4. The zero-order chi connectivity index (χ0) is 36.6. The van der Waals surface area contributed by atoms with Gasteiger partial charge in [-0.05, 0) is 183 Å². The predicted octanol–water partition coefficient (Wildman–Crippen LogP) is 13.1. The first kappa shape index (κ1) is 33.0. The molecule has 266 valence electrons. The van der Waals surface area contributed by atoms with Crippen molar-refractivity contribution in [2.75, 3.05) is 18.0 Å². The summed E-state index contributed by atoms with van der Waals surface area (Å²) in [6, 6.07) is 31.1. The minimum atomic E-state index is -0.0501. The van der Waals surface area contributed by atoms with Gasteiger partial charge in [0.2, 0.25) is 0 Å². The van der Waals surface area contributed by atoms with Crippen molar-refractivity contribution in [2.24, 2.45) is 5.92 Å². The molecule has 1 heteroatoms. The summed E-state index contributed by atoms with van der Waals surface area (Å²) < 4.78 is 0. The van der Waals surface area contributed by atoms with E-state index in [0.717, 1.165) is 6.42 Å².